The number of phenolic OH excluding ortho intramolecular Hbond substituents is 2. The molecule has 1 aromatic heterocycles. The number of imidazole rings is 1. The Hall–Kier alpha value is -5.57. The summed E-state index contributed by atoms with van der Waals surface area (Å²) >= 11 is 0. The van der Waals surface area contributed by atoms with Gasteiger partial charge in [0.05, 0.1) is 30.7 Å². The van der Waals surface area contributed by atoms with Crippen LogP contribution in [0.5, 0.6) is 23.0 Å². The zero-order chi connectivity index (χ0) is 30.1. The molecule has 7 rings (SSSR count). The smallest absolute Gasteiger partial charge is 0.356 e. The fourth-order valence-electron chi connectivity index (χ4n) is 5.52. The van der Waals surface area contributed by atoms with Crippen molar-refractivity contribution < 1.29 is 34.0 Å². The number of aromatic hydroxyl groups is 2. The molecule has 0 fully saturated rings. The molecule has 9 heteroatoms. The van der Waals surface area contributed by atoms with Gasteiger partial charge in [-0.25, -0.2) is 14.6 Å². The predicted octanol–water partition coefficient (Wildman–Crippen LogP) is 6.33. The van der Waals surface area contributed by atoms with E-state index >= 15 is 0 Å². The van der Waals surface area contributed by atoms with Gasteiger partial charge in [0.2, 0.25) is 0 Å². The molecular formula is C34H28N2O7. The van der Waals surface area contributed by atoms with Gasteiger partial charge in [0.1, 0.15) is 28.7 Å². The van der Waals surface area contributed by atoms with E-state index in [1.165, 1.54) is 30.5 Å². The molecule has 4 aromatic carbocycles. The molecule has 0 saturated carbocycles. The normalized spacial score (nSPS) is 14.2. The second kappa shape index (κ2) is 11.0. The molecule has 1 unspecified atom stereocenters. The van der Waals surface area contributed by atoms with Gasteiger partial charge >= 0.3 is 11.9 Å². The van der Waals surface area contributed by atoms with E-state index in [1.54, 1.807) is 37.5 Å². The molecule has 1 atom stereocenters. The highest BCUT2D eigenvalue weighted by Gasteiger charge is 2.53. The summed E-state index contributed by atoms with van der Waals surface area (Å²) in [7, 11) is 0. The molecule has 0 bridgehead atoms. The van der Waals surface area contributed by atoms with Crippen molar-refractivity contribution in [1.82, 2.24) is 9.55 Å². The lowest BCUT2D eigenvalue weighted by molar-refractivity contribution is 0.0224. The summed E-state index contributed by atoms with van der Waals surface area (Å²) in [6.45, 7) is 4.18. The Labute approximate surface area is 247 Å². The summed E-state index contributed by atoms with van der Waals surface area (Å²) < 4.78 is 18.6. The van der Waals surface area contributed by atoms with Crippen LogP contribution in [0, 0.1) is 0 Å². The maximum atomic E-state index is 12.5. The first-order chi connectivity index (χ1) is 20.8. The SMILES string of the molecule is CCOC(=O)c1cncn1C(C)c1ccccc1.O=C1OC2(c3ccc(O)cc3Oc3cc(O)ccc32)c2ccccc21. The summed E-state index contributed by atoms with van der Waals surface area (Å²) in [6, 6.07) is 26.6. The van der Waals surface area contributed by atoms with Crippen LogP contribution < -0.4 is 4.74 Å². The number of hydrogen-bond acceptors (Lipinski definition) is 8. The summed E-state index contributed by atoms with van der Waals surface area (Å²) in [5, 5.41) is 19.7. The van der Waals surface area contributed by atoms with Crippen molar-refractivity contribution in [1.29, 1.82) is 0 Å². The van der Waals surface area contributed by atoms with Crippen LogP contribution in [0.2, 0.25) is 0 Å². The van der Waals surface area contributed by atoms with Crippen molar-refractivity contribution in [2.24, 2.45) is 0 Å². The van der Waals surface area contributed by atoms with Gasteiger partial charge in [0.15, 0.2) is 5.60 Å². The summed E-state index contributed by atoms with van der Waals surface area (Å²) in [4.78, 5) is 28.3. The number of carbonyl (C=O) groups is 2. The maximum Gasteiger partial charge on any atom is 0.356 e. The first-order valence-corrected chi connectivity index (χ1v) is 13.7. The molecule has 2 aliphatic rings. The van der Waals surface area contributed by atoms with Crippen molar-refractivity contribution in [3.05, 3.63) is 137 Å². The van der Waals surface area contributed by atoms with Crippen molar-refractivity contribution >= 4 is 11.9 Å². The number of fused-ring (bicyclic) bond motifs is 6. The van der Waals surface area contributed by atoms with E-state index < -0.39 is 11.6 Å². The molecule has 2 aliphatic heterocycles. The fraction of sp³-hybridized carbons (Fsp3) is 0.147. The molecule has 0 radical (unpaired) electrons. The van der Waals surface area contributed by atoms with E-state index in [1.807, 2.05) is 54.0 Å². The van der Waals surface area contributed by atoms with Gasteiger partial charge in [-0.1, -0.05) is 48.5 Å². The first-order valence-electron chi connectivity index (χ1n) is 13.7. The summed E-state index contributed by atoms with van der Waals surface area (Å²) in [6.07, 6.45) is 3.20. The second-order valence-corrected chi connectivity index (χ2v) is 10.1. The van der Waals surface area contributed by atoms with Gasteiger partial charge in [-0.3, -0.25) is 0 Å². The van der Waals surface area contributed by atoms with Crippen LogP contribution in [-0.2, 0) is 15.1 Å². The molecule has 9 nitrogen and oxygen atoms in total. The van der Waals surface area contributed by atoms with Gasteiger partial charge < -0.3 is 29.0 Å². The highest BCUT2D eigenvalue weighted by Crippen LogP contribution is 2.56. The molecule has 2 N–H and O–H groups in total. The number of aromatic nitrogens is 2. The first kappa shape index (κ1) is 27.6. The lowest BCUT2D eigenvalue weighted by Gasteiger charge is -2.36. The molecule has 216 valence electrons. The van der Waals surface area contributed by atoms with E-state index in [0.717, 1.165) is 5.56 Å². The third-order valence-electron chi connectivity index (χ3n) is 7.53. The largest absolute Gasteiger partial charge is 0.508 e. The van der Waals surface area contributed by atoms with Crippen LogP contribution >= 0.6 is 0 Å². The lowest BCUT2D eigenvalue weighted by Crippen LogP contribution is -2.32. The van der Waals surface area contributed by atoms with E-state index in [2.05, 4.69) is 4.98 Å². The predicted molar refractivity (Wildman–Crippen MR) is 156 cm³/mol. The zero-order valence-corrected chi connectivity index (χ0v) is 23.4. The fourth-order valence-corrected chi connectivity index (χ4v) is 5.52. The van der Waals surface area contributed by atoms with Crippen LogP contribution in [-0.4, -0.2) is 38.3 Å². The highest BCUT2D eigenvalue weighted by atomic mass is 16.6. The number of ether oxygens (including phenoxy) is 3. The Kier molecular flexibility index (Phi) is 7.07. The number of carbonyl (C=O) groups excluding carboxylic acids is 2. The molecule has 3 heterocycles. The van der Waals surface area contributed by atoms with Gasteiger partial charge in [0, 0.05) is 28.8 Å². The van der Waals surface area contributed by atoms with Gasteiger partial charge in [-0.2, -0.15) is 0 Å². The Morgan fingerprint density at radius 3 is 2.19 bits per heavy atom. The lowest BCUT2D eigenvalue weighted by atomic mass is 9.77. The number of benzene rings is 4. The highest BCUT2D eigenvalue weighted by molar-refractivity contribution is 5.97. The molecular weight excluding hydrogens is 548 g/mol. The van der Waals surface area contributed by atoms with Gasteiger partial charge in [-0.05, 0) is 49.7 Å². The Morgan fingerprint density at radius 2 is 1.53 bits per heavy atom. The molecule has 0 amide bonds. The monoisotopic (exact) mass is 576 g/mol. The molecule has 43 heavy (non-hydrogen) atoms. The number of phenols is 2. The number of esters is 2. The van der Waals surface area contributed by atoms with E-state index in [0.29, 0.717) is 46.1 Å². The Balaban J connectivity index is 0.000000163. The van der Waals surface area contributed by atoms with Crippen molar-refractivity contribution in [2.75, 3.05) is 6.61 Å². The third kappa shape index (κ3) is 4.74. The number of nitrogens with zero attached hydrogens (tertiary/aromatic N) is 2. The summed E-state index contributed by atoms with van der Waals surface area (Å²) in [5.74, 6) is 0.0729. The molecule has 5 aromatic rings. The van der Waals surface area contributed by atoms with E-state index in [-0.39, 0.29) is 23.5 Å². The van der Waals surface area contributed by atoms with E-state index in [9.17, 15) is 19.8 Å². The quantitative estimate of drug-likeness (QED) is 0.238. The Bertz CT molecular complexity index is 1780. The maximum absolute atomic E-state index is 12.5. The number of rotatable bonds is 4. The minimum Gasteiger partial charge on any atom is -0.508 e. The van der Waals surface area contributed by atoms with Gasteiger partial charge in [0.25, 0.3) is 0 Å². The second-order valence-electron chi connectivity index (χ2n) is 10.1. The standard InChI is InChI=1S/C20H12O5.C14H16N2O2/c21-11-5-7-15-17(9-11)24-18-10-12(22)6-8-16(18)20(15)14-4-2-1-3-13(14)19(23)25-20;1-3-18-14(17)13-9-15-10-16(13)11(2)12-7-5-4-6-8-12/h1-10,21-22H;4-11H,3H2,1-2H3. The van der Waals surface area contributed by atoms with Crippen LogP contribution in [0.15, 0.2) is 104 Å². The van der Waals surface area contributed by atoms with Crippen LogP contribution in [0.4, 0.5) is 0 Å². The third-order valence-corrected chi connectivity index (χ3v) is 7.53. The summed E-state index contributed by atoms with van der Waals surface area (Å²) in [5.41, 5.74) is 2.89. The minimum absolute atomic E-state index is 0.0371. The topological polar surface area (TPSA) is 120 Å². The molecule has 0 saturated heterocycles. The number of hydrogen-bond donors (Lipinski definition) is 2. The Morgan fingerprint density at radius 1 is 0.907 bits per heavy atom. The van der Waals surface area contributed by atoms with Crippen molar-refractivity contribution in [2.45, 2.75) is 25.5 Å². The van der Waals surface area contributed by atoms with Crippen LogP contribution in [0.3, 0.4) is 0 Å². The minimum atomic E-state index is -1.17. The van der Waals surface area contributed by atoms with Crippen LogP contribution in [0.25, 0.3) is 0 Å². The average molecular weight is 577 g/mol. The van der Waals surface area contributed by atoms with E-state index in [4.69, 9.17) is 14.2 Å². The molecule has 1 spiro atoms. The average Bonchev–Trinajstić information content (AvgIpc) is 3.62. The molecule has 0 aliphatic carbocycles. The van der Waals surface area contributed by atoms with Crippen molar-refractivity contribution in [3.63, 3.8) is 0 Å². The van der Waals surface area contributed by atoms with Gasteiger partial charge in [-0.15, -0.1) is 0 Å². The van der Waals surface area contributed by atoms with Crippen molar-refractivity contribution in [3.8, 4) is 23.0 Å². The van der Waals surface area contributed by atoms with Crippen LogP contribution in [0.1, 0.15) is 63.0 Å². The zero-order valence-electron chi connectivity index (χ0n) is 23.4.